The summed E-state index contributed by atoms with van der Waals surface area (Å²) in [7, 11) is 0. The molecule has 1 N–H and O–H groups in total. The second-order valence-electron chi connectivity index (χ2n) is 4.20. The highest BCUT2D eigenvalue weighted by Gasteiger charge is 2.24. The van der Waals surface area contributed by atoms with Gasteiger partial charge in [-0.15, -0.1) is 0 Å². The van der Waals surface area contributed by atoms with Gasteiger partial charge in [0.1, 0.15) is 5.52 Å². The molecule has 0 aliphatic carbocycles. The number of hydrogen-bond acceptors (Lipinski definition) is 4. The quantitative estimate of drug-likeness (QED) is 0.799. The summed E-state index contributed by atoms with van der Waals surface area (Å²) in [4.78, 5) is 6.63. The third-order valence-corrected chi connectivity index (χ3v) is 3.15. The molecule has 16 heavy (non-hydrogen) atoms. The van der Waals surface area contributed by atoms with Gasteiger partial charge in [0.15, 0.2) is 5.82 Å². The first kappa shape index (κ1) is 9.59. The molecule has 0 amide bonds. The van der Waals surface area contributed by atoms with E-state index in [1.807, 2.05) is 16.8 Å². The van der Waals surface area contributed by atoms with Gasteiger partial charge in [-0.1, -0.05) is 0 Å². The van der Waals surface area contributed by atoms with Crippen LogP contribution < -0.4 is 4.90 Å². The van der Waals surface area contributed by atoms with Gasteiger partial charge in [-0.2, -0.15) is 5.10 Å². The van der Waals surface area contributed by atoms with Crippen LogP contribution in [0.2, 0.25) is 0 Å². The SMILES string of the molecule is OCC1CCN(c2nccn3nccc23)C1. The summed E-state index contributed by atoms with van der Waals surface area (Å²) in [5, 5.41) is 13.3. The predicted molar refractivity (Wildman–Crippen MR) is 60.4 cm³/mol. The highest BCUT2D eigenvalue weighted by atomic mass is 16.3. The van der Waals surface area contributed by atoms with Gasteiger partial charge in [0, 0.05) is 38.0 Å². The lowest BCUT2D eigenvalue weighted by Gasteiger charge is -2.17. The zero-order valence-electron chi connectivity index (χ0n) is 8.95. The number of fused-ring (bicyclic) bond motifs is 1. The zero-order chi connectivity index (χ0) is 11.0. The molecule has 0 bridgehead atoms. The van der Waals surface area contributed by atoms with Gasteiger partial charge >= 0.3 is 0 Å². The van der Waals surface area contributed by atoms with Crippen molar-refractivity contribution >= 4 is 11.3 Å². The zero-order valence-corrected chi connectivity index (χ0v) is 8.95. The molecule has 0 radical (unpaired) electrons. The van der Waals surface area contributed by atoms with Gasteiger partial charge in [0.25, 0.3) is 0 Å². The number of aromatic nitrogens is 3. The lowest BCUT2D eigenvalue weighted by atomic mass is 10.1. The first-order valence-corrected chi connectivity index (χ1v) is 5.52. The van der Waals surface area contributed by atoms with Crippen molar-refractivity contribution in [3.63, 3.8) is 0 Å². The van der Waals surface area contributed by atoms with Gasteiger partial charge in [0.2, 0.25) is 0 Å². The fourth-order valence-electron chi connectivity index (χ4n) is 2.26. The van der Waals surface area contributed by atoms with Crippen LogP contribution in [0.25, 0.3) is 5.52 Å². The summed E-state index contributed by atoms with van der Waals surface area (Å²) in [6, 6.07) is 1.97. The molecule has 1 aliphatic heterocycles. The summed E-state index contributed by atoms with van der Waals surface area (Å²) in [6.07, 6.45) is 6.42. The molecule has 2 aromatic heterocycles. The maximum atomic E-state index is 9.14. The van der Waals surface area contributed by atoms with E-state index in [1.54, 1.807) is 12.4 Å². The molecule has 1 saturated heterocycles. The fraction of sp³-hybridized carbons (Fsp3) is 0.455. The number of aliphatic hydroxyl groups is 1. The van der Waals surface area contributed by atoms with Gasteiger partial charge in [-0.3, -0.25) is 0 Å². The Kier molecular flexibility index (Phi) is 2.25. The Bertz CT molecular complexity index is 495. The van der Waals surface area contributed by atoms with Crippen LogP contribution in [0.1, 0.15) is 6.42 Å². The van der Waals surface area contributed by atoms with E-state index in [1.165, 1.54) is 0 Å². The van der Waals surface area contributed by atoms with Crippen LogP contribution in [0, 0.1) is 5.92 Å². The van der Waals surface area contributed by atoms with Gasteiger partial charge in [0.05, 0.1) is 6.20 Å². The van der Waals surface area contributed by atoms with Crippen molar-refractivity contribution in [2.45, 2.75) is 6.42 Å². The van der Waals surface area contributed by atoms with Crippen LogP contribution in [0.5, 0.6) is 0 Å². The van der Waals surface area contributed by atoms with Crippen molar-refractivity contribution < 1.29 is 5.11 Å². The number of rotatable bonds is 2. The molecule has 2 aromatic rings. The fourth-order valence-corrected chi connectivity index (χ4v) is 2.26. The van der Waals surface area contributed by atoms with E-state index in [0.717, 1.165) is 30.8 Å². The summed E-state index contributed by atoms with van der Waals surface area (Å²) in [6.45, 7) is 2.11. The van der Waals surface area contributed by atoms with Gasteiger partial charge in [-0.05, 0) is 12.5 Å². The molecule has 1 atom stereocenters. The van der Waals surface area contributed by atoms with Crippen molar-refractivity contribution in [3.8, 4) is 0 Å². The Morgan fingerprint density at radius 2 is 2.38 bits per heavy atom. The molecule has 0 saturated carbocycles. The largest absolute Gasteiger partial charge is 0.396 e. The summed E-state index contributed by atoms with van der Waals surface area (Å²) < 4.78 is 1.83. The average molecular weight is 218 g/mol. The average Bonchev–Trinajstić information content (AvgIpc) is 2.97. The molecule has 3 rings (SSSR count). The lowest BCUT2D eigenvalue weighted by Crippen LogP contribution is -2.22. The highest BCUT2D eigenvalue weighted by Crippen LogP contribution is 2.24. The summed E-state index contributed by atoms with van der Waals surface area (Å²) in [5.41, 5.74) is 1.03. The number of hydrogen-bond donors (Lipinski definition) is 1. The van der Waals surface area contributed by atoms with E-state index in [0.29, 0.717) is 5.92 Å². The van der Waals surface area contributed by atoms with E-state index >= 15 is 0 Å². The van der Waals surface area contributed by atoms with Crippen LogP contribution in [-0.2, 0) is 0 Å². The second-order valence-corrected chi connectivity index (χ2v) is 4.20. The van der Waals surface area contributed by atoms with Crippen molar-refractivity contribution in [3.05, 3.63) is 24.7 Å². The standard InChI is InChI=1S/C11H14N4O/c16-8-9-2-5-14(7-9)11-10-1-3-13-15(10)6-4-12-11/h1,3-4,6,9,16H,2,5,7-8H2. The maximum absolute atomic E-state index is 9.14. The topological polar surface area (TPSA) is 53.7 Å². The van der Waals surface area contributed by atoms with Crippen molar-refractivity contribution in [2.24, 2.45) is 5.92 Å². The molecule has 1 aliphatic rings. The molecule has 1 unspecified atom stereocenters. The lowest BCUT2D eigenvalue weighted by molar-refractivity contribution is 0.238. The Morgan fingerprint density at radius 3 is 3.19 bits per heavy atom. The molecule has 0 aromatic carbocycles. The van der Waals surface area contributed by atoms with Crippen LogP contribution in [-0.4, -0.2) is 39.4 Å². The Morgan fingerprint density at radius 1 is 1.44 bits per heavy atom. The minimum atomic E-state index is 0.263. The Balaban J connectivity index is 1.97. The minimum absolute atomic E-state index is 0.263. The van der Waals surface area contributed by atoms with E-state index < -0.39 is 0 Å². The molecule has 84 valence electrons. The molecule has 5 nitrogen and oxygen atoms in total. The van der Waals surface area contributed by atoms with E-state index in [-0.39, 0.29) is 6.61 Å². The Labute approximate surface area is 93.3 Å². The predicted octanol–water partition coefficient (Wildman–Crippen LogP) is 0.548. The van der Waals surface area contributed by atoms with E-state index in [4.69, 9.17) is 5.11 Å². The molecule has 3 heterocycles. The van der Waals surface area contributed by atoms with Crippen molar-refractivity contribution in [2.75, 3.05) is 24.6 Å². The maximum Gasteiger partial charge on any atom is 0.154 e. The number of aliphatic hydroxyl groups excluding tert-OH is 1. The van der Waals surface area contributed by atoms with Crippen LogP contribution >= 0.6 is 0 Å². The molecular weight excluding hydrogens is 204 g/mol. The smallest absolute Gasteiger partial charge is 0.154 e. The first-order valence-electron chi connectivity index (χ1n) is 5.52. The third-order valence-electron chi connectivity index (χ3n) is 3.15. The van der Waals surface area contributed by atoms with Crippen molar-refractivity contribution in [1.82, 2.24) is 14.6 Å². The summed E-state index contributed by atoms with van der Waals surface area (Å²) in [5.74, 6) is 1.35. The molecular formula is C11H14N4O. The molecule has 0 spiro atoms. The number of anilines is 1. The van der Waals surface area contributed by atoms with E-state index in [9.17, 15) is 0 Å². The third kappa shape index (κ3) is 1.44. The minimum Gasteiger partial charge on any atom is -0.396 e. The monoisotopic (exact) mass is 218 g/mol. The summed E-state index contributed by atoms with van der Waals surface area (Å²) >= 11 is 0. The van der Waals surface area contributed by atoms with Crippen LogP contribution in [0.3, 0.4) is 0 Å². The number of nitrogens with zero attached hydrogens (tertiary/aromatic N) is 4. The highest BCUT2D eigenvalue weighted by molar-refractivity contribution is 5.68. The van der Waals surface area contributed by atoms with Crippen LogP contribution in [0.15, 0.2) is 24.7 Å². The Hall–Kier alpha value is -1.62. The van der Waals surface area contributed by atoms with E-state index in [2.05, 4.69) is 15.0 Å². The molecule has 5 heteroatoms. The second kappa shape index (κ2) is 3.75. The first-order chi connectivity index (χ1) is 7.88. The van der Waals surface area contributed by atoms with Gasteiger partial charge in [-0.25, -0.2) is 9.50 Å². The normalized spacial score (nSPS) is 20.8. The van der Waals surface area contributed by atoms with Gasteiger partial charge < -0.3 is 10.0 Å². The van der Waals surface area contributed by atoms with Crippen molar-refractivity contribution in [1.29, 1.82) is 0 Å². The van der Waals surface area contributed by atoms with Crippen LogP contribution in [0.4, 0.5) is 5.82 Å². The molecule has 1 fully saturated rings.